The molecule has 0 bridgehead atoms. The second kappa shape index (κ2) is 2.60. The van der Waals surface area contributed by atoms with Crippen LogP contribution in [0.3, 0.4) is 0 Å². The van der Waals surface area contributed by atoms with Crippen LogP contribution in [0.25, 0.3) is 5.65 Å². The molecule has 3 nitrogen and oxygen atoms in total. The van der Waals surface area contributed by atoms with Crippen LogP contribution in [-0.4, -0.2) is 14.4 Å². The average Bonchev–Trinajstić information content (AvgIpc) is 3.13. The van der Waals surface area contributed by atoms with Crippen LogP contribution in [0.2, 0.25) is 0 Å². The maximum Gasteiger partial charge on any atom is 0.155 e. The van der Waals surface area contributed by atoms with Gasteiger partial charge in [0.05, 0.1) is 11.9 Å². The molecule has 0 saturated heterocycles. The molecular formula is C12H13N3. The minimum Gasteiger partial charge on any atom is -0.301 e. The maximum absolute atomic E-state index is 4.62. The SMILES string of the molecule is c1cn2c(C3CC3)c(C3CC3)ncc2n1. The highest BCUT2D eigenvalue weighted by molar-refractivity contribution is 5.42. The predicted octanol–water partition coefficient (Wildman–Crippen LogP) is 2.48. The molecule has 76 valence electrons. The van der Waals surface area contributed by atoms with Crippen LogP contribution in [0, 0.1) is 0 Å². The van der Waals surface area contributed by atoms with Crippen molar-refractivity contribution in [3.63, 3.8) is 0 Å². The molecule has 2 aromatic rings. The fourth-order valence-electron chi connectivity index (χ4n) is 2.36. The molecule has 2 aliphatic rings. The van der Waals surface area contributed by atoms with Gasteiger partial charge in [0.25, 0.3) is 0 Å². The van der Waals surface area contributed by atoms with Gasteiger partial charge in [-0.25, -0.2) is 4.98 Å². The van der Waals surface area contributed by atoms with Crippen LogP contribution in [0.5, 0.6) is 0 Å². The molecule has 2 aliphatic carbocycles. The van der Waals surface area contributed by atoms with Gasteiger partial charge in [0.15, 0.2) is 5.65 Å². The Kier molecular flexibility index (Phi) is 1.36. The number of nitrogens with zero attached hydrogens (tertiary/aromatic N) is 3. The topological polar surface area (TPSA) is 30.2 Å². The van der Waals surface area contributed by atoms with Gasteiger partial charge in [0, 0.05) is 29.9 Å². The van der Waals surface area contributed by atoms with Crippen LogP contribution < -0.4 is 0 Å². The number of rotatable bonds is 2. The van der Waals surface area contributed by atoms with Crippen molar-refractivity contribution >= 4 is 5.65 Å². The molecule has 0 atom stereocenters. The zero-order valence-corrected chi connectivity index (χ0v) is 8.56. The third-order valence-electron chi connectivity index (χ3n) is 3.44. The lowest BCUT2D eigenvalue weighted by atomic mass is 10.1. The standard InChI is InChI=1S/C12H13N3/c1-2-8(1)11-12(9-3-4-9)15-6-5-13-10(15)7-14-11/h5-9H,1-4H2. The maximum atomic E-state index is 4.62. The van der Waals surface area contributed by atoms with E-state index in [9.17, 15) is 0 Å². The second-order valence-electron chi connectivity index (χ2n) is 4.73. The van der Waals surface area contributed by atoms with Crippen molar-refractivity contribution in [1.29, 1.82) is 0 Å². The zero-order chi connectivity index (χ0) is 9.83. The van der Waals surface area contributed by atoms with Crippen molar-refractivity contribution < 1.29 is 0 Å². The van der Waals surface area contributed by atoms with Gasteiger partial charge in [0.2, 0.25) is 0 Å². The van der Waals surface area contributed by atoms with Crippen molar-refractivity contribution in [3.05, 3.63) is 30.0 Å². The molecule has 0 spiro atoms. The van der Waals surface area contributed by atoms with Crippen molar-refractivity contribution in [1.82, 2.24) is 14.4 Å². The predicted molar refractivity (Wildman–Crippen MR) is 56.9 cm³/mol. The summed E-state index contributed by atoms with van der Waals surface area (Å²) < 4.78 is 2.25. The molecule has 2 fully saturated rings. The summed E-state index contributed by atoms with van der Waals surface area (Å²) >= 11 is 0. The first kappa shape index (κ1) is 7.85. The largest absolute Gasteiger partial charge is 0.301 e. The van der Waals surface area contributed by atoms with Crippen LogP contribution in [0.15, 0.2) is 18.6 Å². The molecule has 0 unspecified atom stereocenters. The molecule has 2 saturated carbocycles. The lowest BCUT2D eigenvalue weighted by Crippen LogP contribution is -2.02. The van der Waals surface area contributed by atoms with Crippen LogP contribution >= 0.6 is 0 Å². The van der Waals surface area contributed by atoms with Gasteiger partial charge < -0.3 is 4.40 Å². The van der Waals surface area contributed by atoms with Crippen molar-refractivity contribution in [3.8, 4) is 0 Å². The minimum absolute atomic E-state index is 0.743. The van der Waals surface area contributed by atoms with Gasteiger partial charge in [-0.1, -0.05) is 0 Å². The van der Waals surface area contributed by atoms with Gasteiger partial charge in [-0.15, -0.1) is 0 Å². The molecule has 0 radical (unpaired) electrons. The van der Waals surface area contributed by atoms with E-state index in [0.717, 1.165) is 17.5 Å². The van der Waals surface area contributed by atoms with E-state index in [1.165, 1.54) is 37.1 Å². The molecular weight excluding hydrogens is 186 g/mol. The molecule has 0 aliphatic heterocycles. The summed E-state index contributed by atoms with van der Waals surface area (Å²) in [4.78, 5) is 8.93. The van der Waals surface area contributed by atoms with Gasteiger partial charge in [-0.2, -0.15) is 0 Å². The highest BCUT2D eigenvalue weighted by Crippen LogP contribution is 2.48. The summed E-state index contributed by atoms with van der Waals surface area (Å²) in [5.41, 5.74) is 3.80. The summed E-state index contributed by atoms with van der Waals surface area (Å²) in [7, 11) is 0. The van der Waals surface area contributed by atoms with Gasteiger partial charge in [-0.3, -0.25) is 4.98 Å². The third kappa shape index (κ3) is 1.12. The lowest BCUT2D eigenvalue weighted by molar-refractivity contribution is 0.862. The molecule has 2 heterocycles. The molecule has 15 heavy (non-hydrogen) atoms. The fourth-order valence-corrected chi connectivity index (χ4v) is 2.36. The van der Waals surface area contributed by atoms with Gasteiger partial charge in [-0.05, 0) is 25.7 Å². The normalized spacial score (nSPS) is 21.1. The van der Waals surface area contributed by atoms with E-state index >= 15 is 0 Å². The third-order valence-corrected chi connectivity index (χ3v) is 3.44. The summed E-state index contributed by atoms with van der Waals surface area (Å²) in [5, 5.41) is 0. The number of aromatic nitrogens is 3. The van der Waals surface area contributed by atoms with E-state index < -0.39 is 0 Å². The van der Waals surface area contributed by atoms with Crippen molar-refractivity contribution in [2.75, 3.05) is 0 Å². The van der Waals surface area contributed by atoms with E-state index in [4.69, 9.17) is 0 Å². The monoisotopic (exact) mass is 199 g/mol. The molecule has 2 aromatic heterocycles. The number of imidazole rings is 1. The Morgan fingerprint density at radius 2 is 1.87 bits per heavy atom. The molecule has 0 aromatic carbocycles. The highest BCUT2D eigenvalue weighted by Gasteiger charge is 2.35. The first-order valence-electron chi connectivity index (χ1n) is 5.75. The van der Waals surface area contributed by atoms with Gasteiger partial charge >= 0.3 is 0 Å². The zero-order valence-electron chi connectivity index (χ0n) is 8.56. The second-order valence-corrected chi connectivity index (χ2v) is 4.73. The molecule has 4 rings (SSSR count). The summed E-state index contributed by atoms with van der Waals surface area (Å²) in [6.45, 7) is 0. The van der Waals surface area contributed by atoms with E-state index in [1.807, 2.05) is 12.4 Å². The van der Waals surface area contributed by atoms with E-state index in [-0.39, 0.29) is 0 Å². The Hall–Kier alpha value is -1.38. The van der Waals surface area contributed by atoms with Crippen molar-refractivity contribution in [2.24, 2.45) is 0 Å². The minimum atomic E-state index is 0.743. The average molecular weight is 199 g/mol. The molecule has 0 N–H and O–H groups in total. The molecule has 0 amide bonds. The van der Waals surface area contributed by atoms with E-state index in [0.29, 0.717) is 0 Å². The number of hydrogen-bond acceptors (Lipinski definition) is 2. The summed E-state index contributed by atoms with van der Waals surface area (Å²) in [6.07, 6.45) is 11.2. The summed E-state index contributed by atoms with van der Waals surface area (Å²) in [5.74, 6) is 1.50. The number of hydrogen-bond donors (Lipinski definition) is 0. The lowest BCUT2D eigenvalue weighted by Gasteiger charge is -2.09. The quantitative estimate of drug-likeness (QED) is 0.743. The van der Waals surface area contributed by atoms with E-state index in [2.05, 4.69) is 20.6 Å². The Bertz CT molecular complexity index is 521. The Morgan fingerprint density at radius 1 is 1.07 bits per heavy atom. The Morgan fingerprint density at radius 3 is 2.60 bits per heavy atom. The first-order valence-corrected chi connectivity index (χ1v) is 5.75. The molecule has 3 heteroatoms. The fraction of sp³-hybridized carbons (Fsp3) is 0.500. The Balaban J connectivity index is 2.02. The Labute approximate surface area is 88.2 Å². The smallest absolute Gasteiger partial charge is 0.155 e. The highest BCUT2D eigenvalue weighted by atomic mass is 15.0. The van der Waals surface area contributed by atoms with Crippen LogP contribution in [-0.2, 0) is 0 Å². The van der Waals surface area contributed by atoms with Crippen LogP contribution in [0.1, 0.15) is 48.9 Å². The number of fused-ring (bicyclic) bond motifs is 1. The summed E-state index contributed by atoms with van der Waals surface area (Å²) in [6, 6.07) is 0. The van der Waals surface area contributed by atoms with Crippen LogP contribution in [0.4, 0.5) is 0 Å². The van der Waals surface area contributed by atoms with Crippen molar-refractivity contribution in [2.45, 2.75) is 37.5 Å². The first-order chi connectivity index (χ1) is 7.43. The van der Waals surface area contributed by atoms with E-state index in [1.54, 1.807) is 0 Å². The van der Waals surface area contributed by atoms with Gasteiger partial charge in [0.1, 0.15) is 0 Å².